The molecule has 1 fully saturated rings. The van der Waals surface area contributed by atoms with Crippen LogP contribution in [-0.2, 0) is 11.2 Å². The summed E-state index contributed by atoms with van der Waals surface area (Å²) in [5, 5.41) is 1.33. The summed E-state index contributed by atoms with van der Waals surface area (Å²) in [7, 11) is 2.20. The second-order valence-corrected chi connectivity index (χ2v) is 8.18. The van der Waals surface area contributed by atoms with E-state index >= 15 is 0 Å². The second kappa shape index (κ2) is 8.03. The molecule has 146 valence electrons. The minimum Gasteiger partial charge on any atom is -0.356 e. The Morgan fingerprint density at radius 2 is 1.89 bits per heavy atom. The molecule has 1 atom stereocenters. The molecule has 0 radical (unpaired) electrons. The molecule has 1 aromatic heterocycles. The summed E-state index contributed by atoms with van der Waals surface area (Å²) in [4.78, 5) is 22.9. The Morgan fingerprint density at radius 3 is 2.67 bits per heavy atom. The smallest absolute Gasteiger partial charge is 0.220 e. The zero-order valence-corrected chi connectivity index (χ0v) is 16.7. The van der Waals surface area contributed by atoms with Gasteiger partial charge in [-0.15, -0.1) is 0 Å². The van der Waals surface area contributed by atoms with Crippen molar-refractivity contribution in [3.8, 4) is 0 Å². The zero-order valence-electron chi connectivity index (χ0n) is 16.7. The average Bonchev–Trinajstić information content (AvgIpc) is 3.05. The van der Waals surface area contributed by atoms with Crippen LogP contribution >= 0.6 is 0 Å². The minimum atomic E-state index is 0.198. The van der Waals surface area contributed by atoms with Crippen LogP contribution in [0, 0.1) is 0 Å². The van der Waals surface area contributed by atoms with Gasteiger partial charge in [-0.1, -0.05) is 18.2 Å². The van der Waals surface area contributed by atoms with Crippen molar-refractivity contribution in [3.63, 3.8) is 0 Å². The summed E-state index contributed by atoms with van der Waals surface area (Å²) in [5.74, 6) is 0.198. The van der Waals surface area contributed by atoms with Gasteiger partial charge in [-0.3, -0.25) is 4.79 Å². The fourth-order valence-electron chi connectivity index (χ4n) is 4.74. The molecule has 1 aromatic carbocycles. The number of benzene rings is 1. The first kappa shape index (κ1) is 18.5. The molecule has 0 saturated carbocycles. The van der Waals surface area contributed by atoms with Crippen molar-refractivity contribution in [2.75, 3.05) is 46.3 Å². The van der Waals surface area contributed by atoms with Gasteiger partial charge >= 0.3 is 0 Å². The van der Waals surface area contributed by atoms with E-state index in [-0.39, 0.29) is 11.9 Å². The third kappa shape index (κ3) is 3.90. The fourth-order valence-corrected chi connectivity index (χ4v) is 4.74. The van der Waals surface area contributed by atoms with Gasteiger partial charge in [0.1, 0.15) is 0 Å². The Hall–Kier alpha value is -1.85. The van der Waals surface area contributed by atoms with Crippen LogP contribution < -0.4 is 0 Å². The number of aromatic nitrogens is 1. The fraction of sp³-hybridized carbons (Fsp3) is 0.591. The van der Waals surface area contributed by atoms with Crippen molar-refractivity contribution in [2.45, 2.75) is 38.6 Å². The number of carbonyl (C=O) groups excluding carboxylic acids is 1. The van der Waals surface area contributed by atoms with E-state index in [2.05, 4.69) is 51.0 Å². The van der Waals surface area contributed by atoms with Gasteiger partial charge in [-0.25, -0.2) is 0 Å². The number of nitrogens with one attached hydrogen (secondary N) is 1. The predicted molar refractivity (Wildman–Crippen MR) is 110 cm³/mol. The molecule has 2 aromatic rings. The van der Waals surface area contributed by atoms with E-state index in [0.29, 0.717) is 0 Å². The predicted octanol–water partition coefficient (Wildman–Crippen LogP) is 3.03. The van der Waals surface area contributed by atoms with E-state index in [9.17, 15) is 4.79 Å². The highest BCUT2D eigenvalue weighted by molar-refractivity contribution is 5.86. The van der Waals surface area contributed by atoms with Crippen LogP contribution in [0.15, 0.2) is 24.3 Å². The van der Waals surface area contributed by atoms with E-state index in [1.54, 1.807) is 6.92 Å². The number of carbonyl (C=O) groups is 1. The van der Waals surface area contributed by atoms with Gasteiger partial charge in [0.2, 0.25) is 5.91 Å². The highest BCUT2D eigenvalue weighted by Crippen LogP contribution is 2.37. The molecule has 0 bridgehead atoms. The third-order valence-corrected chi connectivity index (χ3v) is 6.36. The topological polar surface area (TPSA) is 42.6 Å². The number of para-hydroxylation sites is 1. The number of nitrogens with zero attached hydrogens (tertiary/aromatic N) is 3. The van der Waals surface area contributed by atoms with Gasteiger partial charge in [0, 0.05) is 56.2 Å². The van der Waals surface area contributed by atoms with Crippen LogP contribution in [0.2, 0.25) is 0 Å². The van der Waals surface area contributed by atoms with Crippen molar-refractivity contribution in [2.24, 2.45) is 0 Å². The Labute approximate surface area is 162 Å². The minimum absolute atomic E-state index is 0.198. The molecule has 1 saturated heterocycles. The molecule has 1 amide bonds. The maximum Gasteiger partial charge on any atom is 0.220 e. The molecule has 0 spiro atoms. The molecular formula is C22H32N4O. The summed E-state index contributed by atoms with van der Waals surface area (Å²) in [6.45, 7) is 8.47. The number of likely N-dealkylation sites (N-methyl/N-ethyl adjacent to an activating group) is 1. The van der Waals surface area contributed by atoms with E-state index in [1.165, 1.54) is 61.3 Å². The van der Waals surface area contributed by atoms with Crippen LogP contribution in [0.4, 0.5) is 0 Å². The Morgan fingerprint density at radius 1 is 1.11 bits per heavy atom. The second-order valence-electron chi connectivity index (χ2n) is 8.18. The monoisotopic (exact) mass is 368 g/mol. The first-order chi connectivity index (χ1) is 13.1. The number of fused-ring (bicyclic) bond motifs is 3. The first-order valence-electron chi connectivity index (χ1n) is 10.4. The van der Waals surface area contributed by atoms with Gasteiger partial charge in [0.15, 0.2) is 0 Å². The number of unbranched alkanes of at least 4 members (excludes halogenated alkanes) is 1. The van der Waals surface area contributed by atoms with Crippen LogP contribution in [0.25, 0.3) is 10.9 Å². The van der Waals surface area contributed by atoms with E-state index in [0.717, 1.165) is 25.8 Å². The molecule has 2 aliphatic heterocycles. The van der Waals surface area contributed by atoms with Crippen LogP contribution in [0.3, 0.4) is 0 Å². The summed E-state index contributed by atoms with van der Waals surface area (Å²) in [5.41, 5.74) is 3.90. The summed E-state index contributed by atoms with van der Waals surface area (Å²) >= 11 is 0. The maximum absolute atomic E-state index is 12.2. The number of piperazine rings is 1. The van der Waals surface area contributed by atoms with Gasteiger partial charge in [0.25, 0.3) is 0 Å². The molecule has 5 nitrogen and oxygen atoms in total. The summed E-state index contributed by atoms with van der Waals surface area (Å²) in [6, 6.07) is 8.75. The summed E-state index contributed by atoms with van der Waals surface area (Å²) in [6.07, 6.45) is 4.38. The van der Waals surface area contributed by atoms with Crippen molar-refractivity contribution in [1.29, 1.82) is 0 Å². The number of amides is 1. The van der Waals surface area contributed by atoms with Crippen molar-refractivity contribution in [1.82, 2.24) is 19.7 Å². The highest BCUT2D eigenvalue weighted by atomic mass is 16.2. The average molecular weight is 369 g/mol. The van der Waals surface area contributed by atoms with Crippen molar-refractivity contribution in [3.05, 3.63) is 35.5 Å². The lowest BCUT2D eigenvalue weighted by Crippen LogP contribution is -2.44. The summed E-state index contributed by atoms with van der Waals surface area (Å²) < 4.78 is 0. The Balaban J connectivity index is 1.42. The normalized spacial score (nSPS) is 21.6. The molecule has 1 N–H and O–H groups in total. The van der Waals surface area contributed by atoms with Crippen LogP contribution in [0.1, 0.15) is 43.5 Å². The van der Waals surface area contributed by atoms with Crippen molar-refractivity contribution >= 4 is 16.8 Å². The van der Waals surface area contributed by atoms with E-state index < -0.39 is 0 Å². The van der Waals surface area contributed by atoms with Crippen LogP contribution in [-0.4, -0.2) is 71.9 Å². The largest absolute Gasteiger partial charge is 0.356 e. The number of hydrogen-bond acceptors (Lipinski definition) is 3. The number of rotatable bonds is 5. The van der Waals surface area contributed by atoms with Crippen molar-refractivity contribution < 1.29 is 4.79 Å². The van der Waals surface area contributed by atoms with Crippen LogP contribution in [0.5, 0.6) is 0 Å². The lowest BCUT2D eigenvalue weighted by Gasteiger charge is -2.36. The number of H-pyrrole nitrogens is 1. The zero-order chi connectivity index (χ0) is 18.8. The quantitative estimate of drug-likeness (QED) is 0.825. The molecule has 27 heavy (non-hydrogen) atoms. The van der Waals surface area contributed by atoms with E-state index in [4.69, 9.17) is 0 Å². The molecule has 2 aliphatic rings. The molecular weight excluding hydrogens is 336 g/mol. The van der Waals surface area contributed by atoms with E-state index in [1.807, 2.05) is 0 Å². The van der Waals surface area contributed by atoms with Gasteiger partial charge < -0.3 is 19.7 Å². The van der Waals surface area contributed by atoms with Gasteiger partial charge in [-0.05, 0) is 50.9 Å². The lowest BCUT2D eigenvalue weighted by molar-refractivity contribution is -0.132. The molecule has 1 unspecified atom stereocenters. The third-order valence-electron chi connectivity index (χ3n) is 6.36. The molecule has 5 heteroatoms. The SMILES string of the molecule is CC(=O)N1CCc2c([nH]c3ccccc23)C1CCCCN1CCN(C)CC1. The Bertz CT molecular complexity index is 791. The standard InChI is InChI=1S/C22H32N4O/c1-17(27)26-12-10-19-18-7-3-4-8-20(18)23-22(19)21(26)9-5-6-11-25-15-13-24(2)14-16-25/h3-4,7-8,21,23H,5-6,9-16H2,1-2H3. The van der Waals surface area contributed by atoms with Gasteiger partial charge in [-0.2, -0.15) is 0 Å². The first-order valence-corrected chi connectivity index (χ1v) is 10.4. The number of aromatic amines is 1. The lowest BCUT2D eigenvalue weighted by atomic mass is 9.93. The van der Waals surface area contributed by atoms with Gasteiger partial charge in [0.05, 0.1) is 6.04 Å². The Kier molecular flexibility index (Phi) is 5.50. The maximum atomic E-state index is 12.2. The molecule has 0 aliphatic carbocycles. The highest BCUT2D eigenvalue weighted by Gasteiger charge is 2.31. The number of hydrogen-bond donors (Lipinski definition) is 1. The molecule has 3 heterocycles. The molecule has 4 rings (SSSR count).